The second-order valence-electron chi connectivity index (χ2n) is 5.92. The van der Waals surface area contributed by atoms with Gasteiger partial charge in [-0.1, -0.05) is 0 Å². The smallest absolute Gasteiger partial charge is 0.374 e. The van der Waals surface area contributed by atoms with Gasteiger partial charge in [0.25, 0.3) is 0 Å². The third-order valence-electron chi connectivity index (χ3n) is 4.39. The van der Waals surface area contributed by atoms with E-state index in [0.29, 0.717) is 25.6 Å². The molecule has 2 aliphatic rings. The monoisotopic (exact) mass is 328 g/mol. The normalized spacial score (nSPS) is 15.7. The zero-order chi connectivity index (χ0) is 16.5. The highest BCUT2D eigenvalue weighted by Crippen LogP contribution is 2.36. The van der Waals surface area contributed by atoms with Gasteiger partial charge in [-0.3, -0.25) is 0 Å². The SMILES string of the molecule is CCOC(=O)c1nc(-c2ccc3c(c2)OCCO3)c2n1CCCC2. The minimum absolute atomic E-state index is 0.348. The van der Waals surface area contributed by atoms with Crippen molar-refractivity contribution in [2.45, 2.75) is 32.7 Å². The number of aromatic nitrogens is 2. The Balaban J connectivity index is 1.79. The first kappa shape index (κ1) is 15.1. The molecule has 0 spiro atoms. The molecule has 0 bridgehead atoms. The topological polar surface area (TPSA) is 62.6 Å². The van der Waals surface area contributed by atoms with E-state index in [2.05, 4.69) is 4.98 Å². The summed E-state index contributed by atoms with van der Waals surface area (Å²) < 4.78 is 18.4. The van der Waals surface area contributed by atoms with Crippen molar-refractivity contribution in [2.24, 2.45) is 0 Å². The number of esters is 1. The molecule has 0 atom stereocenters. The lowest BCUT2D eigenvalue weighted by Gasteiger charge is -2.19. The first-order chi connectivity index (χ1) is 11.8. The third-order valence-corrected chi connectivity index (χ3v) is 4.39. The number of imidazole rings is 1. The van der Waals surface area contributed by atoms with E-state index in [4.69, 9.17) is 14.2 Å². The Morgan fingerprint density at radius 3 is 2.92 bits per heavy atom. The summed E-state index contributed by atoms with van der Waals surface area (Å²) in [6.07, 6.45) is 3.07. The maximum Gasteiger partial charge on any atom is 0.374 e. The summed E-state index contributed by atoms with van der Waals surface area (Å²) in [5, 5.41) is 0. The van der Waals surface area contributed by atoms with Gasteiger partial charge in [0.1, 0.15) is 13.2 Å². The molecule has 2 aromatic rings. The summed E-state index contributed by atoms with van der Waals surface area (Å²) >= 11 is 0. The molecule has 24 heavy (non-hydrogen) atoms. The first-order valence-corrected chi connectivity index (χ1v) is 8.44. The molecule has 3 heterocycles. The van der Waals surface area contributed by atoms with E-state index in [-0.39, 0.29) is 5.97 Å². The van der Waals surface area contributed by atoms with Crippen LogP contribution in [0, 0.1) is 0 Å². The van der Waals surface area contributed by atoms with Gasteiger partial charge < -0.3 is 18.8 Å². The van der Waals surface area contributed by atoms with Crippen LogP contribution in [0.15, 0.2) is 18.2 Å². The van der Waals surface area contributed by atoms with E-state index in [9.17, 15) is 4.79 Å². The Morgan fingerprint density at radius 1 is 1.25 bits per heavy atom. The molecule has 0 radical (unpaired) electrons. The van der Waals surface area contributed by atoms with Gasteiger partial charge in [0.15, 0.2) is 11.5 Å². The number of hydrogen-bond acceptors (Lipinski definition) is 5. The van der Waals surface area contributed by atoms with Crippen molar-refractivity contribution in [3.8, 4) is 22.8 Å². The van der Waals surface area contributed by atoms with Crippen molar-refractivity contribution < 1.29 is 19.0 Å². The Hall–Kier alpha value is -2.50. The minimum atomic E-state index is -0.357. The summed E-state index contributed by atoms with van der Waals surface area (Å²) in [6, 6.07) is 5.82. The summed E-state index contributed by atoms with van der Waals surface area (Å²) in [5.41, 5.74) is 2.89. The zero-order valence-electron chi connectivity index (χ0n) is 13.7. The number of carbonyl (C=O) groups excluding carboxylic acids is 1. The Labute approximate surface area is 140 Å². The fourth-order valence-electron chi connectivity index (χ4n) is 3.32. The maximum atomic E-state index is 12.2. The van der Waals surface area contributed by atoms with E-state index in [1.165, 1.54) is 0 Å². The molecule has 6 nitrogen and oxygen atoms in total. The number of fused-ring (bicyclic) bond motifs is 2. The van der Waals surface area contributed by atoms with Gasteiger partial charge in [-0.15, -0.1) is 0 Å². The second kappa shape index (κ2) is 6.19. The molecule has 0 fully saturated rings. The van der Waals surface area contributed by atoms with Gasteiger partial charge in [0.2, 0.25) is 5.82 Å². The number of ether oxygens (including phenoxy) is 3. The van der Waals surface area contributed by atoms with Crippen LogP contribution in [-0.4, -0.2) is 35.3 Å². The van der Waals surface area contributed by atoms with Gasteiger partial charge in [-0.05, 0) is 44.4 Å². The van der Waals surface area contributed by atoms with Crippen LogP contribution in [0.4, 0.5) is 0 Å². The largest absolute Gasteiger partial charge is 0.486 e. The lowest BCUT2D eigenvalue weighted by Crippen LogP contribution is -2.18. The number of nitrogens with zero attached hydrogens (tertiary/aromatic N) is 2. The lowest BCUT2D eigenvalue weighted by molar-refractivity contribution is 0.0505. The number of rotatable bonds is 3. The molecule has 1 aromatic heterocycles. The summed E-state index contributed by atoms with van der Waals surface area (Å²) in [5.74, 6) is 1.53. The molecule has 2 aliphatic heterocycles. The molecule has 0 amide bonds. The highest BCUT2D eigenvalue weighted by molar-refractivity contribution is 5.87. The van der Waals surface area contributed by atoms with E-state index >= 15 is 0 Å². The fraction of sp³-hybridized carbons (Fsp3) is 0.444. The van der Waals surface area contributed by atoms with E-state index < -0.39 is 0 Å². The van der Waals surface area contributed by atoms with Gasteiger partial charge in [-0.2, -0.15) is 0 Å². The molecule has 0 saturated heterocycles. The molecule has 1 aromatic carbocycles. The Bertz CT molecular complexity index is 782. The van der Waals surface area contributed by atoms with Gasteiger partial charge in [-0.25, -0.2) is 9.78 Å². The summed E-state index contributed by atoms with van der Waals surface area (Å²) in [4.78, 5) is 16.9. The number of hydrogen-bond donors (Lipinski definition) is 0. The summed E-state index contributed by atoms with van der Waals surface area (Å²) in [6.45, 7) is 4.08. The van der Waals surface area contributed by atoms with Crippen molar-refractivity contribution in [3.05, 3.63) is 29.7 Å². The van der Waals surface area contributed by atoms with Crippen LogP contribution in [0.5, 0.6) is 11.5 Å². The van der Waals surface area contributed by atoms with Crippen LogP contribution < -0.4 is 9.47 Å². The summed E-state index contributed by atoms with van der Waals surface area (Å²) in [7, 11) is 0. The second-order valence-corrected chi connectivity index (χ2v) is 5.92. The van der Waals surface area contributed by atoms with Crippen LogP contribution in [0.25, 0.3) is 11.3 Å². The van der Waals surface area contributed by atoms with E-state index in [0.717, 1.165) is 54.3 Å². The van der Waals surface area contributed by atoms with Gasteiger partial charge in [0, 0.05) is 17.8 Å². The quantitative estimate of drug-likeness (QED) is 0.811. The standard InChI is InChI=1S/C18H20N2O4/c1-2-22-18(21)17-19-16(13-5-3-4-8-20(13)17)12-6-7-14-15(11-12)24-10-9-23-14/h6-7,11H,2-5,8-10H2,1H3. The molecular formula is C18H20N2O4. The van der Waals surface area contributed by atoms with Crippen molar-refractivity contribution in [2.75, 3.05) is 19.8 Å². The number of benzene rings is 1. The predicted octanol–water partition coefficient (Wildman–Crippen LogP) is 2.83. The number of carbonyl (C=O) groups is 1. The predicted molar refractivity (Wildman–Crippen MR) is 87.5 cm³/mol. The average Bonchev–Trinajstić information content (AvgIpc) is 3.01. The molecule has 6 heteroatoms. The van der Waals surface area contributed by atoms with Crippen molar-refractivity contribution >= 4 is 5.97 Å². The van der Waals surface area contributed by atoms with Crippen molar-refractivity contribution in [1.29, 1.82) is 0 Å². The zero-order valence-corrected chi connectivity index (χ0v) is 13.7. The molecule has 4 rings (SSSR count). The molecule has 0 saturated carbocycles. The lowest BCUT2D eigenvalue weighted by atomic mass is 10.0. The van der Waals surface area contributed by atoms with Gasteiger partial charge in [0.05, 0.1) is 12.3 Å². The molecule has 0 N–H and O–H groups in total. The van der Waals surface area contributed by atoms with Crippen LogP contribution >= 0.6 is 0 Å². The first-order valence-electron chi connectivity index (χ1n) is 8.44. The Morgan fingerprint density at radius 2 is 2.08 bits per heavy atom. The molecule has 0 unspecified atom stereocenters. The minimum Gasteiger partial charge on any atom is -0.486 e. The van der Waals surface area contributed by atoms with Crippen LogP contribution in [-0.2, 0) is 17.7 Å². The third kappa shape index (κ3) is 2.52. The van der Waals surface area contributed by atoms with Crippen LogP contribution in [0.1, 0.15) is 36.1 Å². The van der Waals surface area contributed by atoms with Crippen LogP contribution in [0.2, 0.25) is 0 Å². The van der Waals surface area contributed by atoms with Crippen molar-refractivity contribution in [1.82, 2.24) is 9.55 Å². The molecule has 126 valence electrons. The highest BCUT2D eigenvalue weighted by atomic mass is 16.6. The molecular weight excluding hydrogens is 308 g/mol. The van der Waals surface area contributed by atoms with Crippen molar-refractivity contribution in [3.63, 3.8) is 0 Å². The van der Waals surface area contributed by atoms with Crippen LogP contribution in [0.3, 0.4) is 0 Å². The fourth-order valence-corrected chi connectivity index (χ4v) is 3.32. The Kier molecular flexibility index (Phi) is 3.88. The molecule has 0 aliphatic carbocycles. The van der Waals surface area contributed by atoms with Gasteiger partial charge >= 0.3 is 5.97 Å². The van der Waals surface area contributed by atoms with E-state index in [1.54, 1.807) is 6.92 Å². The van der Waals surface area contributed by atoms with E-state index in [1.807, 2.05) is 22.8 Å². The highest BCUT2D eigenvalue weighted by Gasteiger charge is 2.26. The average molecular weight is 328 g/mol. The maximum absolute atomic E-state index is 12.2.